The molecule has 7 atom stereocenters. The van der Waals surface area contributed by atoms with Crippen LogP contribution >= 0.6 is 0 Å². The van der Waals surface area contributed by atoms with E-state index in [0.717, 1.165) is 5.56 Å². The van der Waals surface area contributed by atoms with Crippen LogP contribution in [-0.2, 0) is 40.0 Å². The number of carbonyl (C=O) groups excluding carboxylic acids is 5. The summed E-state index contributed by atoms with van der Waals surface area (Å²) in [5.74, 6) is -6.17. The fraction of sp³-hybridized carbons (Fsp3) is 0.606. The number of aliphatic hydroxyl groups is 1. The molecule has 270 valence electrons. The molecule has 49 heavy (non-hydrogen) atoms. The van der Waals surface area contributed by atoms with E-state index in [1.165, 1.54) is 16.7 Å². The highest BCUT2D eigenvalue weighted by Crippen LogP contribution is 2.22. The molecule has 3 rings (SSSR count). The van der Waals surface area contributed by atoms with Crippen molar-refractivity contribution in [2.24, 2.45) is 11.7 Å². The molecule has 5 amide bonds. The Morgan fingerprint density at radius 1 is 0.816 bits per heavy atom. The number of carbonyl (C=O) groups is 7. The number of aliphatic hydroxyl groups excluding tert-OH is 1. The predicted molar refractivity (Wildman–Crippen MR) is 174 cm³/mol. The molecule has 7 unspecified atom stereocenters. The molecule has 2 saturated heterocycles. The van der Waals surface area contributed by atoms with Gasteiger partial charge in [-0.05, 0) is 50.5 Å². The van der Waals surface area contributed by atoms with E-state index >= 15 is 0 Å². The van der Waals surface area contributed by atoms with E-state index < -0.39 is 89.7 Å². The standard InChI is InChI=1S/C33H48N6O10/c1-18(2)26(30(45)35-22(17-20-9-5-4-6-10-20)31(46)39-16-8-12-24(39)33(48)49)36-29(44)23-11-7-15-38(23)32(47)27(19(3)40)37-28(43)21(34)13-14-25(41)42/h4-6,9-10,18-19,21-24,26-27,40H,7-8,11-17,34H2,1-3H3,(H,35,45)(H,36,44)(H,37,43)(H,41,42)(H,48,49). The monoisotopic (exact) mass is 688 g/mol. The first kappa shape index (κ1) is 38.9. The summed E-state index contributed by atoms with van der Waals surface area (Å²) in [5.41, 5.74) is 6.51. The van der Waals surface area contributed by atoms with E-state index in [1.54, 1.807) is 44.2 Å². The molecule has 0 aromatic heterocycles. The Morgan fingerprint density at radius 2 is 1.41 bits per heavy atom. The molecule has 0 radical (unpaired) electrons. The molecule has 2 aliphatic heterocycles. The van der Waals surface area contributed by atoms with Crippen LogP contribution in [0.2, 0.25) is 0 Å². The van der Waals surface area contributed by atoms with E-state index in [0.29, 0.717) is 19.3 Å². The highest BCUT2D eigenvalue weighted by Gasteiger charge is 2.42. The number of nitrogens with two attached hydrogens (primary N) is 1. The topological polar surface area (TPSA) is 249 Å². The van der Waals surface area contributed by atoms with Gasteiger partial charge in [-0.2, -0.15) is 0 Å². The molecule has 2 fully saturated rings. The summed E-state index contributed by atoms with van der Waals surface area (Å²) in [5, 5.41) is 36.7. The molecule has 16 nitrogen and oxygen atoms in total. The Labute approximate surface area is 284 Å². The van der Waals surface area contributed by atoms with Crippen molar-refractivity contribution < 1.29 is 48.9 Å². The van der Waals surface area contributed by atoms with Crippen molar-refractivity contribution in [3.8, 4) is 0 Å². The zero-order chi connectivity index (χ0) is 36.4. The maximum Gasteiger partial charge on any atom is 0.326 e. The zero-order valence-corrected chi connectivity index (χ0v) is 28.0. The van der Waals surface area contributed by atoms with Crippen LogP contribution in [0.15, 0.2) is 30.3 Å². The van der Waals surface area contributed by atoms with E-state index in [1.807, 2.05) is 0 Å². The summed E-state index contributed by atoms with van der Waals surface area (Å²) < 4.78 is 0. The number of nitrogens with one attached hydrogen (secondary N) is 3. The lowest BCUT2D eigenvalue weighted by Gasteiger charge is -2.32. The maximum atomic E-state index is 13.7. The largest absolute Gasteiger partial charge is 0.481 e. The smallest absolute Gasteiger partial charge is 0.326 e. The van der Waals surface area contributed by atoms with Gasteiger partial charge in [0.2, 0.25) is 29.5 Å². The van der Waals surface area contributed by atoms with Gasteiger partial charge in [0.1, 0.15) is 30.2 Å². The van der Waals surface area contributed by atoms with Crippen LogP contribution in [0.25, 0.3) is 0 Å². The summed E-state index contributed by atoms with van der Waals surface area (Å²) in [6.07, 6.45) is -0.382. The Hall–Kier alpha value is -4.57. The number of aliphatic carboxylic acids is 2. The lowest BCUT2D eigenvalue weighted by molar-refractivity contribution is -0.149. The molecule has 0 spiro atoms. The Bertz CT molecular complexity index is 1370. The molecule has 8 N–H and O–H groups in total. The van der Waals surface area contributed by atoms with E-state index in [4.69, 9.17) is 10.8 Å². The lowest BCUT2D eigenvalue weighted by Crippen LogP contribution is -2.61. The summed E-state index contributed by atoms with van der Waals surface area (Å²) in [7, 11) is 0. The second-order valence-electron chi connectivity index (χ2n) is 13.0. The van der Waals surface area contributed by atoms with Crippen molar-refractivity contribution in [1.82, 2.24) is 25.8 Å². The van der Waals surface area contributed by atoms with Crippen molar-refractivity contribution in [1.29, 1.82) is 0 Å². The molecule has 16 heteroatoms. The number of carboxylic acid groups (broad SMARTS) is 2. The summed E-state index contributed by atoms with van der Waals surface area (Å²) in [6, 6.07) is 1.92. The quantitative estimate of drug-likeness (QED) is 0.111. The molecule has 0 bridgehead atoms. The van der Waals surface area contributed by atoms with Crippen LogP contribution in [0.3, 0.4) is 0 Å². The van der Waals surface area contributed by atoms with E-state index in [9.17, 15) is 43.8 Å². The second-order valence-corrected chi connectivity index (χ2v) is 13.0. The van der Waals surface area contributed by atoms with Crippen LogP contribution < -0.4 is 21.7 Å². The van der Waals surface area contributed by atoms with Gasteiger partial charge in [-0.15, -0.1) is 0 Å². The summed E-state index contributed by atoms with van der Waals surface area (Å²) in [4.78, 5) is 92.4. The van der Waals surface area contributed by atoms with Gasteiger partial charge in [0.25, 0.3) is 0 Å². The highest BCUT2D eigenvalue weighted by atomic mass is 16.4. The molecule has 2 heterocycles. The van der Waals surface area contributed by atoms with Crippen LogP contribution in [-0.4, -0.2) is 122 Å². The molecular formula is C33H48N6O10. The first-order valence-corrected chi connectivity index (χ1v) is 16.6. The van der Waals surface area contributed by atoms with Gasteiger partial charge in [-0.25, -0.2) is 4.79 Å². The minimum absolute atomic E-state index is 0.0876. The van der Waals surface area contributed by atoms with Crippen molar-refractivity contribution in [2.75, 3.05) is 13.1 Å². The number of amides is 5. The van der Waals surface area contributed by atoms with Crippen molar-refractivity contribution >= 4 is 41.5 Å². The van der Waals surface area contributed by atoms with Crippen LogP contribution in [0.5, 0.6) is 0 Å². The van der Waals surface area contributed by atoms with Gasteiger partial charge in [-0.1, -0.05) is 44.2 Å². The normalized spacial score (nSPS) is 20.5. The average molecular weight is 689 g/mol. The third-order valence-electron chi connectivity index (χ3n) is 8.86. The maximum absolute atomic E-state index is 13.7. The van der Waals surface area contributed by atoms with Gasteiger partial charge < -0.3 is 46.8 Å². The SMILES string of the molecule is CC(C)C(NC(=O)C1CCCN1C(=O)C(NC(=O)C(N)CCC(=O)O)C(C)O)C(=O)NC(Cc1ccccc1)C(=O)N1CCCC1C(=O)O. The molecule has 0 aliphatic carbocycles. The molecule has 1 aromatic rings. The van der Waals surface area contributed by atoms with Crippen LogP contribution in [0, 0.1) is 5.92 Å². The number of hydrogen-bond donors (Lipinski definition) is 7. The van der Waals surface area contributed by atoms with Gasteiger partial charge in [0.05, 0.1) is 12.1 Å². The Morgan fingerprint density at radius 3 is 1.96 bits per heavy atom. The Kier molecular flexibility index (Phi) is 14.1. The number of benzene rings is 1. The van der Waals surface area contributed by atoms with Gasteiger partial charge in [0.15, 0.2) is 0 Å². The van der Waals surface area contributed by atoms with Crippen molar-refractivity contribution in [2.45, 2.75) is 108 Å². The minimum Gasteiger partial charge on any atom is -0.481 e. The van der Waals surface area contributed by atoms with Crippen LogP contribution in [0.4, 0.5) is 0 Å². The minimum atomic E-state index is -1.47. The van der Waals surface area contributed by atoms with Crippen LogP contribution in [0.1, 0.15) is 64.9 Å². The average Bonchev–Trinajstić information content (AvgIpc) is 3.75. The number of carboxylic acids is 2. The zero-order valence-electron chi connectivity index (χ0n) is 28.0. The number of likely N-dealkylation sites (tertiary alicyclic amines) is 2. The molecule has 2 aliphatic rings. The number of nitrogens with zero attached hydrogens (tertiary/aromatic N) is 2. The Balaban J connectivity index is 1.75. The highest BCUT2D eigenvalue weighted by molar-refractivity contribution is 5.97. The number of rotatable bonds is 16. The van der Waals surface area contributed by atoms with Gasteiger partial charge in [-0.3, -0.25) is 28.8 Å². The predicted octanol–water partition coefficient (Wildman–Crippen LogP) is -1.02. The number of hydrogen-bond acceptors (Lipinski definition) is 9. The van der Waals surface area contributed by atoms with Gasteiger partial charge >= 0.3 is 11.9 Å². The van der Waals surface area contributed by atoms with Gasteiger partial charge in [0, 0.05) is 25.9 Å². The molecule has 0 saturated carbocycles. The van der Waals surface area contributed by atoms with Crippen molar-refractivity contribution in [3.63, 3.8) is 0 Å². The van der Waals surface area contributed by atoms with E-state index in [-0.39, 0.29) is 38.8 Å². The fourth-order valence-electron chi connectivity index (χ4n) is 6.12. The fourth-order valence-corrected chi connectivity index (χ4v) is 6.12. The third-order valence-corrected chi connectivity index (χ3v) is 8.86. The second kappa shape index (κ2) is 17.7. The first-order chi connectivity index (χ1) is 23.1. The lowest BCUT2D eigenvalue weighted by atomic mass is 10.00. The summed E-state index contributed by atoms with van der Waals surface area (Å²) >= 11 is 0. The van der Waals surface area contributed by atoms with E-state index in [2.05, 4.69) is 16.0 Å². The molecule has 1 aromatic carbocycles. The first-order valence-electron chi connectivity index (χ1n) is 16.6. The summed E-state index contributed by atoms with van der Waals surface area (Å²) in [6.45, 7) is 5.04. The molecular weight excluding hydrogens is 640 g/mol. The van der Waals surface area contributed by atoms with Crippen molar-refractivity contribution in [3.05, 3.63) is 35.9 Å². The third kappa shape index (κ3) is 10.5.